The second-order valence-corrected chi connectivity index (χ2v) is 4.77. The molecule has 0 saturated carbocycles. The van der Waals surface area contributed by atoms with E-state index in [2.05, 4.69) is 19.2 Å². The van der Waals surface area contributed by atoms with Gasteiger partial charge in [0.05, 0.1) is 0 Å². The standard InChI is InChI=1S/C14H21ClFN/c1-3-9-17-13(4-2)7-5-11-10-12(15)6-8-14(11)16/h6,8,10,13,17H,3-5,7,9H2,1-2H3. The summed E-state index contributed by atoms with van der Waals surface area (Å²) in [6.07, 6.45) is 3.89. The highest BCUT2D eigenvalue weighted by Crippen LogP contribution is 2.17. The fourth-order valence-electron chi connectivity index (χ4n) is 1.86. The summed E-state index contributed by atoms with van der Waals surface area (Å²) in [7, 11) is 0. The highest BCUT2D eigenvalue weighted by atomic mass is 35.5. The molecule has 0 aliphatic rings. The topological polar surface area (TPSA) is 12.0 Å². The lowest BCUT2D eigenvalue weighted by Gasteiger charge is -2.16. The predicted octanol–water partition coefficient (Wildman–Crippen LogP) is 4.19. The number of aryl methyl sites for hydroxylation is 1. The van der Waals surface area contributed by atoms with Crippen LogP contribution in [0.2, 0.25) is 5.02 Å². The highest BCUT2D eigenvalue weighted by molar-refractivity contribution is 6.30. The van der Waals surface area contributed by atoms with Gasteiger partial charge in [-0.15, -0.1) is 0 Å². The zero-order valence-electron chi connectivity index (χ0n) is 10.6. The van der Waals surface area contributed by atoms with Crippen molar-refractivity contribution in [2.75, 3.05) is 6.54 Å². The summed E-state index contributed by atoms with van der Waals surface area (Å²) in [5, 5.41) is 4.08. The van der Waals surface area contributed by atoms with Crippen molar-refractivity contribution in [3.05, 3.63) is 34.6 Å². The summed E-state index contributed by atoms with van der Waals surface area (Å²) in [4.78, 5) is 0. The van der Waals surface area contributed by atoms with Crippen LogP contribution >= 0.6 is 11.6 Å². The van der Waals surface area contributed by atoms with Crippen LogP contribution in [0.15, 0.2) is 18.2 Å². The molecule has 1 aromatic carbocycles. The molecule has 0 heterocycles. The van der Waals surface area contributed by atoms with E-state index in [1.165, 1.54) is 6.07 Å². The van der Waals surface area contributed by atoms with Crippen LogP contribution in [0, 0.1) is 5.82 Å². The predicted molar refractivity (Wildman–Crippen MR) is 72.1 cm³/mol. The molecule has 1 nitrogen and oxygen atoms in total. The van der Waals surface area contributed by atoms with Crippen molar-refractivity contribution in [2.45, 2.75) is 45.6 Å². The van der Waals surface area contributed by atoms with Crippen LogP contribution in [-0.4, -0.2) is 12.6 Å². The van der Waals surface area contributed by atoms with E-state index >= 15 is 0 Å². The van der Waals surface area contributed by atoms with Gasteiger partial charge in [-0.2, -0.15) is 0 Å². The Morgan fingerprint density at radius 1 is 1.35 bits per heavy atom. The number of rotatable bonds is 7. The molecule has 1 N–H and O–H groups in total. The normalized spacial score (nSPS) is 12.7. The number of benzene rings is 1. The Balaban J connectivity index is 2.50. The zero-order chi connectivity index (χ0) is 12.7. The van der Waals surface area contributed by atoms with E-state index < -0.39 is 0 Å². The lowest BCUT2D eigenvalue weighted by Crippen LogP contribution is -2.29. The summed E-state index contributed by atoms with van der Waals surface area (Å²) in [6.45, 7) is 5.33. The van der Waals surface area contributed by atoms with E-state index in [1.807, 2.05) is 0 Å². The summed E-state index contributed by atoms with van der Waals surface area (Å²) >= 11 is 5.87. The molecule has 0 aliphatic carbocycles. The SMILES string of the molecule is CCCNC(CC)CCc1cc(Cl)ccc1F. The molecule has 1 aromatic rings. The molecule has 0 amide bonds. The molecule has 1 rings (SSSR count). The molecule has 0 aliphatic heterocycles. The number of hydrogen-bond acceptors (Lipinski definition) is 1. The Kier molecular flexibility index (Phi) is 6.53. The van der Waals surface area contributed by atoms with Crippen molar-refractivity contribution in [2.24, 2.45) is 0 Å². The van der Waals surface area contributed by atoms with Crippen molar-refractivity contribution < 1.29 is 4.39 Å². The number of hydrogen-bond donors (Lipinski definition) is 1. The first-order valence-corrected chi connectivity index (χ1v) is 6.72. The summed E-state index contributed by atoms with van der Waals surface area (Å²) in [5.74, 6) is -0.153. The Morgan fingerprint density at radius 3 is 2.76 bits per heavy atom. The second kappa shape index (κ2) is 7.67. The minimum atomic E-state index is -0.153. The average molecular weight is 258 g/mol. The zero-order valence-corrected chi connectivity index (χ0v) is 11.4. The average Bonchev–Trinajstić information content (AvgIpc) is 2.33. The van der Waals surface area contributed by atoms with E-state index in [0.29, 0.717) is 16.6 Å². The first-order valence-electron chi connectivity index (χ1n) is 6.34. The fourth-order valence-corrected chi connectivity index (χ4v) is 2.06. The lowest BCUT2D eigenvalue weighted by molar-refractivity contribution is 0.464. The molecule has 0 fully saturated rings. The molecular weight excluding hydrogens is 237 g/mol. The first-order chi connectivity index (χ1) is 8.17. The van der Waals surface area contributed by atoms with Crippen molar-refractivity contribution in [1.82, 2.24) is 5.32 Å². The summed E-state index contributed by atoms with van der Waals surface area (Å²) in [5.41, 5.74) is 0.717. The van der Waals surface area contributed by atoms with Gasteiger partial charge in [0.1, 0.15) is 5.82 Å². The molecule has 0 bridgehead atoms. The fraction of sp³-hybridized carbons (Fsp3) is 0.571. The van der Waals surface area contributed by atoms with Gasteiger partial charge in [0.25, 0.3) is 0 Å². The molecule has 17 heavy (non-hydrogen) atoms. The van der Waals surface area contributed by atoms with Gasteiger partial charge >= 0.3 is 0 Å². The molecule has 0 aromatic heterocycles. The van der Waals surface area contributed by atoms with Crippen LogP contribution < -0.4 is 5.32 Å². The van der Waals surface area contributed by atoms with E-state index in [0.717, 1.165) is 32.2 Å². The van der Waals surface area contributed by atoms with Crippen molar-refractivity contribution >= 4 is 11.6 Å². The molecule has 96 valence electrons. The maximum absolute atomic E-state index is 13.5. The Labute approximate surface area is 108 Å². The van der Waals surface area contributed by atoms with Gasteiger partial charge in [-0.05, 0) is 56.0 Å². The van der Waals surface area contributed by atoms with Crippen LogP contribution in [-0.2, 0) is 6.42 Å². The maximum atomic E-state index is 13.5. The lowest BCUT2D eigenvalue weighted by atomic mass is 10.0. The van der Waals surface area contributed by atoms with Crippen LogP contribution in [0.1, 0.15) is 38.7 Å². The molecular formula is C14H21ClFN. The molecule has 1 unspecified atom stereocenters. The molecule has 0 radical (unpaired) electrons. The Hall–Kier alpha value is -0.600. The van der Waals surface area contributed by atoms with Crippen LogP contribution in [0.5, 0.6) is 0 Å². The highest BCUT2D eigenvalue weighted by Gasteiger charge is 2.08. The van der Waals surface area contributed by atoms with Crippen LogP contribution in [0.4, 0.5) is 4.39 Å². The summed E-state index contributed by atoms with van der Waals surface area (Å²) < 4.78 is 13.5. The Morgan fingerprint density at radius 2 is 2.12 bits per heavy atom. The van der Waals surface area contributed by atoms with Crippen LogP contribution in [0.3, 0.4) is 0 Å². The summed E-state index contributed by atoms with van der Waals surface area (Å²) in [6, 6.07) is 5.22. The molecule has 1 atom stereocenters. The third-order valence-corrected chi connectivity index (χ3v) is 3.18. The number of nitrogens with one attached hydrogen (secondary N) is 1. The van der Waals surface area contributed by atoms with Gasteiger partial charge < -0.3 is 5.32 Å². The maximum Gasteiger partial charge on any atom is 0.126 e. The first kappa shape index (κ1) is 14.5. The van der Waals surface area contributed by atoms with E-state index in [1.54, 1.807) is 12.1 Å². The quantitative estimate of drug-likeness (QED) is 0.772. The monoisotopic (exact) mass is 257 g/mol. The minimum Gasteiger partial charge on any atom is -0.314 e. The van der Waals surface area contributed by atoms with Crippen molar-refractivity contribution in [3.8, 4) is 0 Å². The van der Waals surface area contributed by atoms with Gasteiger partial charge in [-0.3, -0.25) is 0 Å². The molecule has 3 heteroatoms. The third kappa shape index (κ3) is 5.05. The van der Waals surface area contributed by atoms with Crippen molar-refractivity contribution in [1.29, 1.82) is 0 Å². The molecule has 0 spiro atoms. The van der Waals surface area contributed by atoms with E-state index in [4.69, 9.17) is 11.6 Å². The van der Waals surface area contributed by atoms with Crippen LogP contribution in [0.25, 0.3) is 0 Å². The number of halogens is 2. The van der Waals surface area contributed by atoms with Gasteiger partial charge in [0.2, 0.25) is 0 Å². The smallest absolute Gasteiger partial charge is 0.126 e. The van der Waals surface area contributed by atoms with E-state index in [-0.39, 0.29) is 5.82 Å². The molecule has 0 saturated heterocycles. The van der Waals surface area contributed by atoms with Gasteiger partial charge in [-0.1, -0.05) is 25.4 Å². The largest absolute Gasteiger partial charge is 0.314 e. The second-order valence-electron chi connectivity index (χ2n) is 4.33. The van der Waals surface area contributed by atoms with Gasteiger partial charge in [0.15, 0.2) is 0 Å². The van der Waals surface area contributed by atoms with Gasteiger partial charge in [0, 0.05) is 11.1 Å². The van der Waals surface area contributed by atoms with E-state index in [9.17, 15) is 4.39 Å². The Bertz CT molecular complexity index is 341. The minimum absolute atomic E-state index is 0.153. The van der Waals surface area contributed by atoms with Crippen molar-refractivity contribution in [3.63, 3.8) is 0 Å². The third-order valence-electron chi connectivity index (χ3n) is 2.95. The van der Waals surface area contributed by atoms with Gasteiger partial charge in [-0.25, -0.2) is 4.39 Å².